The number of amides is 3. The molecule has 9 heteroatoms. The highest BCUT2D eigenvalue weighted by Crippen LogP contribution is 2.49. The number of nitrogens with one attached hydrogen (secondary N) is 1. The molecule has 0 aromatic heterocycles. The molecule has 53 heavy (non-hydrogen) atoms. The van der Waals surface area contributed by atoms with Crippen molar-refractivity contribution in [2.24, 2.45) is 17.8 Å². The lowest BCUT2D eigenvalue weighted by molar-refractivity contribution is -0.136. The lowest BCUT2D eigenvalue weighted by Crippen LogP contribution is -2.52. The second-order valence-electron chi connectivity index (χ2n) is 16.7. The van der Waals surface area contributed by atoms with Gasteiger partial charge in [-0.05, 0) is 115 Å². The van der Waals surface area contributed by atoms with Crippen LogP contribution in [0.2, 0.25) is 0 Å². The van der Waals surface area contributed by atoms with Gasteiger partial charge in [0, 0.05) is 81.6 Å². The number of hydrogen-bond donors (Lipinski definition) is 2. The highest BCUT2D eigenvalue weighted by atomic mass is 16.3. The summed E-state index contributed by atoms with van der Waals surface area (Å²) < 4.78 is 0. The van der Waals surface area contributed by atoms with E-state index in [9.17, 15) is 19.5 Å². The smallest absolute Gasteiger partial charge is 0.255 e. The van der Waals surface area contributed by atoms with Gasteiger partial charge in [-0.3, -0.25) is 24.6 Å². The number of benzene rings is 3. The van der Waals surface area contributed by atoms with E-state index in [-0.39, 0.29) is 24.1 Å². The van der Waals surface area contributed by atoms with E-state index in [1.807, 2.05) is 18.2 Å². The zero-order valence-electron chi connectivity index (χ0n) is 30.8. The van der Waals surface area contributed by atoms with E-state index in [1.54, 1.807) is 4.90 Å². The molecule has 4 aliphatic heterocycles. The number of phenols is 1. The minimum Gasteiger partial charge on any atom is -0.508 e. The largest absolute Gasteiger partial charge is 0.508 e. The second-order valence-corrected chi connectivity index (χ2v) is 16.7. The third kappa shape index (κ3) is 6.82. The minimum absolute atomic E-state index is 0.116. The minimum atomic E-state index is -0.580. The Labute approximate surface area is 313 Å². The van der Waals surface area contributed by atoms with Crippen LogP contribution in [0.5, 0.6) is 5.75 Å². The maximum absolute atomic E-state index is 13.1. The molecule has 4 fully saturated rings. The van der Waals surface area contributed by atoms with Gasteiger partial charge in [-0.2, -0.15) is 0 Å². The standard InChI is InChI=1S/C44H53N5O4/c50-36-11-14-38-32(26-36)7-12-37(30-3-1-2-4-30)42(38)31-5-8-34(9-6-31)47-19-17-29(18-20-47)27-46-21-23-48(24-22-46)35-10-13-39-33(25-35)28-49(44(39)53)40-15-16-41(51)45-43(40)52/h5-6,8-11,13-14,25-26,29-30,37,40,42,50H,1-4,7,12,15-24,27-28H2,(H,45,51,52)/t37-,40+,42+/m0/s1. The highest BCUT2D eigenvalue weighted by Gasteiger charge is 2.40. The van der Waals surface area contributed by atoms with Gasteiger partial charge in [-0.15, -0.1) is 0 Å². The quantitative estimate of drug-likeness (QED) is 0.287. The maximum Gasteiger partial charge on any atom is 0.255 e. The number of aryl methyl sites for hydroxylation is 1. The zero-order chi connectivity index (χ0) is 36.1. The number of rotatable bonds is 7. The van der Waals surface area contributed by atoms with E-state index in [0.29, 0.717) is 42.0 Å². The number of piperidine rings is 2. The van der Waals surface area contributed by atoms with Crippen molar-refractivity contribution in [1.82, 2.24) is 15.1 Å². The first-order valence-corrected chi connectivity index (χ1v) is 20.3. The van der Waals surface area contributed by atoms with Crippen LogP contribution in [0.4, 0.5) is 11.4 Å². The van der Waals surface area contributed by atoms with Crippen molar-refractivity contribution in [2.75, 3.05) is 55.6 Å². The molecular weight excluding hydrogens is 663 g/mol. The molecule has 3 amide bonds. The maximum atomic E-state index is 13.1. The highest BCUT2D eigenvalue weighted by molar-refractivity contribution is 6.05. The van der Waals surface area contributed by atoms with Gasteiger partial charge in [0.1, 0.15) is 11.8 Å². The van der Waals surface area contributed by atoms with Crippen LogP contribution in [0.15, 0.2) is 60.7 Å². The third-order valence-corrected chi connectivity index (χ3v) is 13.6. The van der Waals surface area contributed by atoms with Crippen molar-refractivity contribution >= 4 is 29.1 Å². The molecule has 4 heterocycles. The molecule has 2 N–H and O–H groups in total. The van der Waals surface area contributed by atoms with Crippen molar-refractivity contribution in [1.29, 1.82) is 0 Å². The first kappa shape index (κ1) is 34.4. The predicted octanol–water partition coefficient (Wildman–Crippen LogP) is 6.08. The van der Waals surface area contributed by atoms with Crippen molar-refractivity contribution in [3.05, 3.63) is 88.5 Å². The summed E-state index contributed by atoms with van der Waals surface area (Å²) in [5.74, 6) is 2.28. The summed E-state index contributed by atoms with van der Waals surface area (Å²) in [4.78, 5) is 46.5. The van der Waals surface area contributed by atoms with Gasteiger partial charge in [-0.25, -0.2) is 0 Å². The SMILES string of the molecule is O=C1CC[C@@H](N2Cc3cc(N4CCN(CC5CCN(c6ccc([C@H]7c8ccc(O)cc8CC[C@H]7C7CCCC7)cc6)CC5)CC4)ccc3C2=O)C(=O)N1. The number of aromatic hydroxyl groups is 1. The molecule has 9 rings (SSSR count). The summed E-state index contributed by atoms with van der Waals surface area (Å²) in [6.45, 7) is 7.76. The summed E-state index contributed by atoms with van der Waals surface area (Å²) in [5, 5.41) is 12.6. The average molecular weight is 716 g/mol. The molecule has 3 aromatic rings. The second kappa shape index (κ2) is 14.5. The summed E-state index contributed by atoms with van der Waals surface area (Å²) in [7, 11) is 0. The number of piperazine rings is 1. The molecule has 2 aliphatic carbocycles. The van der Waals surface area contributed by atoms with Gasteiger partial charge in [-0.1, -0.05) is 43.9 Å². The Balaban J connectivity index is 0.771. The van der Waals surface area contributed by atoms with Crippen molar-refractivity contribution < 1.29 is 19.5 Å². The molecule has 3 saturated heterocycles. The van der Waals surface area contributed by atoms with Crippen molar-refractivity contribution in [3.8, 4) is 5.75 Å². The lowest BCUT2D eigenvalue weighted by Gasteiger charge is -2.40. The Morgan fingerprint density at radius 1 is 0.698 bits per heavy atom. The normalized spacial score (nSPS) is 25.8. The van der Waals surface area contributed by atoms with E-state index in [0.717, 1.165) is 69.4 Å². The van der Waals surface area contributed by atoms with Crippen LogP contribution < -0.4 is 15.1 Å². The summed E-state index contributed by atoms with van der Waals surface area (Å²) in [5.41, 5.74) is 8.33. The fourth-order valence-electron chi connectivity index (χ4n) is 10.7. The number of nitrogens with zero attached hydrogens (tertiary/aromatic N) is 4. The molecule has 0 unspecified atom stereocenters. The van der Waals surface area contributed by atoms with Gasteiger partial charge in [0.25, 0.3) is 5.91 Å². The van der Waals surface area contributed by atoms with Crippen LogP contribution in [0.1, 0.15) is 96.3 Å². The number of imide groups is 1. The third-order valence-electron chi connectivity index (χ3n) is 13.6. The Morgan fingerprint density at radius 3 is 2.19 bits per heavy atom. The van der Waals surface area contributed by atoms with E-state index in [4.69, 9.17) is 0 Å². The molecule has 6 aliphatic rings. The van der Waals surface area contributed by atoms with E-state index in [2.05, 4.69) is 62.5 Å². The molecule has 9 nitrogen and oxygen atoms in total. The Hall–Kier alpha value is -4.37. The van der Waals surface area contributed by atoms with Gasteiger partial charge in [0.15, 0.2) is 0 Å². The first-order valence-electron chi connectivity index (χ1n) is 20.3. The number of carbonyl (C=O) groups excluding carboxylic acids is 3. The fraction of sp³-hybridized carbons (Fsp3) is 0.523. The van der Waals surface area contributed by atoms with Gasteiger partial charge >= 0.3 is 0 Å². The van der Waals surface area contributed by atoms with Crippen LogP contribution in [-0.4, -0.2) is 84.5 Å². The monoisotopic (exact) mass is 715 g/mol. The van der Waals surface area contributed by atoms with Crippen molar-refractivity contribution in [3.63, 3.8) is 0 Å². The summed E-state index contributed by atoms with van der Waals surface area (Å²) >= 11 is 0. The van der Waals surface area contributed by atoms with Crippen LogP contribution in [0.25, 0.3) is 0 Å². The van der Waals surface area contributed by atoms with Crippen LogP contribution in [-0.2, 0) is 22.6 Å². The van der Waals surface area contributed by atoms with Crippen molar-refractivity contribution in [2.45, 2.75) is 82.7 Å². The van der Waals surface area contributed by atoms with Gasteiger partial charge in [0.05, 0.1) is 0 Å². The summed E-state index contributed by atoms with van der Waals surface area (Å²) in [6, 6.07) is 21.2. The number of phenolic OH excluding ortho intramolecular Hbond substituents is 1. The molecule has 0 radical (unpaired) electrons. The predicted molar refractivity (Wildman–Crippen MR) is 206 cm³/mol. The Kier molecular flexibility index (Phi) is 9.39. The molecule has 278 valence electrons. The molecule has 3 aromatic carbocycles. The van der Waals surface area contributed by atoms with E-state index >= 15 is 0 Å². The van der Waals surface area contributed by atoms with E-state index in [1.165, 1.54) is 67.3 Å². The van der Waals surface area contributed by atoms with Crippen LogP contribution in [0.3, 0.4) is 0 Å². The average Bonchev–Trinajstić information content (AvgIpc) is 3.83. The summed E-state index contributed by atoms with van der Waals surface area (Å²) in [6.07, 6.45) is 10.9. The van der Waals surface area contributed by atoms with Crippen LogP contribution in [0, 0.1) is 17.8 Å². The Bertz CT molecular complexity index is 1860. The number of anilines is 2. The Morgan fingerprint density at radius 2 is 1.43 bits per heavy atom. The number of carbonyl (C=O) groups is 3. The number of hydrogen-bond acceptors (Lipinski definition) is 7. The fourth-order valence-corrected chi connectivity index (χ4v) is 10.7. The molecule has 0 bridgehead atoms. The molecule has 3 atom stereocenters. The lowest BCUT2D eigenvalue weighted by atomic mass is 9.66. The van der Waals surface area contributed by atoms with Gasteiger partial charge < -0.3 is 19.8 Å². The molecular formula is C44H53N5O4. The number of fused-ring (bicyclic) bond motifs is 2. The van der Waals surface area contributed by atoms with Crippen LogP contribution >= 0.6 is 0 Å². The zero-order valence-corrected chi connectivity index (χ0v) is 30.8. The molecule has 1 saturated carbocycles. The first-order chi connectivity index (χ1) is 25.9. The van der Waals surface area contributed by atoms with E-state index < -0.39 is 6.04 Å². The topological polar surface area (TPSA) is 96.4 Å². The molecule has 0 spiro atoms. The van der Waals surface area contributed by atoms with Gasteiger partial charge in [0.2, 0.25) is 11.8 Å².